The van der Waals surface area contributed by atoms with E-state index in [1.807, 2.05) is 6.20 Å². The molecule has 0 saturated carbocycles. The van der Waals surface area contributed by atoms with E-state index in [1.165, 1.54) is 38.8 Å². The first-order chi connectivity index (χ1) is 23.1. The van der Waals surface area contributed by atoms with Crippen LogP contribution in [0.3, 0.4) is 0 Å². The Hall–Kier alpha value is -4.01. The average Bonchev–Trinajstić information content (AvgIpc) is 3.58. The second kappa shape index (κ2) is 13.0. The van der Waals surface area contributed by atoms with Gasteiger partial charge in [-0.3, -0.25) is 4.99 Å². The summed E-state index contributed by atoms with van der Waals surface area (Å²) in [5.74, 6) is 0.999. The predicted octanol–water partition coefficient (Wildman–Crippen LogP) is 11.1. The van der Waals surface area contributed by atoms with Crippen molar-refractivity contribution in [3.05, 3.63) is 118 Å². The van der Waals surface area contributed by atoms with Gasteiger partial charge in [0, 0.05) is 11.7 Å². The second-order valence-corrected chi connectivity index (χ2v) is 15.8. The predicted molar refractivity (Wildman–Crippen MR) is 205 cm³/mol. The number of rotatable bonds is 5. The zero-order chi connectivity index (χ0) is 35.0. The van der Waals surface area contributed by atoms with Gasteiger partial charge in [0.25, 0.3) is 0 Å². The van der Waals surface area contributed by atoms with Crippen molar-refractivity contribution in [3.63, 3.8) is 0 Å². The molecule has 0 radical (unpaired) electrons. The number of aliphatic imine (C=N–C) groups is 1. The van der Waals surface area contributed by atoms with Gasteiger partial charge in [0.1, 0.15) is 12.5 Å². The first kappa shape index (κ1) is 35.8. The summed E-state index contributed by atoms with van der Waals surface area (Å²) >= 11 is 0. The van der Waals surface area contributed by atoms with Crippen LogP contribution in [0.25, 0.3) is 49.9 Å². The van der Waals surface area contributed by atoms with Crippen molar-refractivity contribution in [1.82, 2.24) is 9.55 Å². The van der Waals surface area contributed by atoms with E-state index >= 15 is 0 Å². The Balaban J connectivity index is 0.00000432. The number of nitrogens with zero attached hydrogens (tertiary/aromatic N) is 3. The fourth-order valence-corrected chi connectivity index (χ4v) is 7.27. The molecule has 50 heavy (non-hydrogen) atoms. The third-order valence-corrected chi connectivity index (χ3v) is 10.4. The van der Waals surface area contributed by atoms with Crippen LogP contribution in [0.4, 0.5) is 0 Å². The van der Waals surface area contributed by atoms with E-state index in [2.05, 4.69) is 154 Å². The Morgan fingerprint density at radius 1 is 0.820 bits per heavy atom. The molecule has 0 unspecified atom stereocenters. The van der Waals surface area contributed by atoms with Crippen LogP contribution in [0.5, 0.6) is 0 Å². The number of fused-ring (bicyclic) bond motifs is 3. The number of hydrogen-bond acceptors (Lipinski definition) is 3. The minimum absolute atomic E-state index is 0. The number of hydrogen-bond donors (Lipinski definition) is 0. The molecule has 0 N–H and O–H groups in total. The molecule has 0 spiro atoms. The first-order valence-electron chi connectivity index (χ1n) is 17.5. The summed E-state index contributed by atoms with van der Waals surface area (Å²) in [6, 6.07) is 30.1. The maximum atomic E-state index is 6.37. The number of aryl methyl sites for hydroxylation is 5. The van der Waals surface area contributed by atoms with Gasteiger partial charge in [-0.1, -0.05) is 99.5 Å². The van der Waals surface area contributed by atoms with Gasteiger partial charge in [-0.25, -0.2) is 0 Å². The van der Waals surface area contributed by atoms with Crippen LogP contribution in [-0.2, 0) is 31.2 Å². The Morgan fingerprint density at radius 2 is 1.54 bits per heavy atom. The van der Waals surface area contributed by atoms with E-state index in [0.717, 1.165) is 50.1 Å². The summed E-state index contributed by atoms with van der Waals surface area (Å²) in [4.78, 5) is 10.0. The molecule has 0 fully saturated rings. The normalized spacial score (nSPS) is 16.2. The first-order valence-corrected chi connectivity index (χ1v) is 17.5. The van der Waals surface area contributed by atoms with Crippen molar-refractivity contribution >= 4 is 27.7 Å². The summed E-state index contributed by atoms with van der Waals surface area (Å²) < 4.78 is 8.70. The molecule has 2 aromatic heterocycles. The quantitative estimate of drug-likeness (QED) is 0.162. The summed E-state index contributed by atoms with van der Waals surface area (Å²) in [5, 5.41) is 2.36. The van der Waals surface area contributed by atoms with Crippen LogP contribution in [0.2, 0.25) is 0 Å². The molecule has 7 rings (SSSR count). The number of aromatic nitrogens is 2. The molecule has 6 aromatic rings. The third-order valence-electron chi connectivity index (χ3n) is 10.4. The van der Waals surface area contributed by atoms with Gasteiger partial charge in [-0.2, -0.15) is 0 Å². The van der Waals surface area contributed by atoms with Gasteiger partial charge in [0.15, 0.2) is 0 Å². The molecule has 0 bridgehead atoms. The third kappa shape index (κ3) is 6.26. The van der Waals surface area contributed by atoms with Crippen LogP contribution < -0.4 is 0 Å². The molecular weight excluding hydrogens is 794 g/mol. The van der Waals surface area contributed by atoms with E-state index in [-0.39, 0.29) is 32.0 Å². The standard InChI is InChI=1S/C45H47N3O.Pt/c1-26(2)45(11)25-49-43(47-45)33-20-32(42-30(6)16-28(4)17-31(42)7)21-35(22-33)48-40-13-12-27(3)18-37(40)38-19-29(5)36(24-41(38)48)39-23-34(14-15-46-39)44(8,9)10;/h12-21,23,26H,25H2,1-11H3;/q-2;+2/t45-;/m0./s1. The monoisotopic (exact) mass is 840 g/mol. The summed E-state index contributed by atoms with van der Waals surface area (Å²) in [6.07, 6.45) is 1.93. The van der Waals surface area contributed by atoms with Gasteiger partial charge in [0.2, 0.25) is 0 Å². The van der Waals surface area contributed by atoms with Gasteiger partial charge in [0.05, 0.1) is 5.54 Å². The molecule has 1 aliphatic heterocycles. The maximum Gasteiger partial charge on any atom is 2.00 e. The van der Waals surface area contributed by atoms with Gasteiger partial charge in [-0.05, 0) is 103 Å². The van der Waals surface area contributed by atoms with Crippen molar-refractivity contribution in [1.29, 1.82) is 0 Å². The fourth-order valence-electron chi connectivity index (χ4n) is 7.27. The van der Waals surface area contributed by atoms with E-state index in [4.69, 9.17) is 14.7 Å². The van der Waals surface area contributed by atoms with Gasteiger partial charge in [-0.15, -0.1) is 41.5 Å². The average molecular weight is 841 g/mol. The van der Waals surface area contributed by atoms with Crippen LogP contribution in [0.1, 0.15) is 80.5 Å². The molecule has 4 nitrogen and oxygen atoms in total. The van der Waals surface area contributed by atoms with Crippen molar-refractivity contribution in [2.24, 2.45) is 10.9 Å². The van der Waals surface area contributed by atoms with Crippen LogP contribution in [-0.4, -0.2) is 27.6 Å². The van der Waals surface area contributed by atoms with Crippen LogP contribution in [0, 0.1) is 52.7 Å². The van der Waals surface area contributed by atoms with E-state index in [1.54, 1.807) is 0 Å². The molecule has 0 aliphatic carbocycles. The molecular formula is C45H47N3OPt. The Labute approximate surface area is 312 Å². The molecule has 1 aliphatic rings. The molecule has 0 amide bonds. The van der Waals surface area contributed by atoms with Crippen LogP contribution >= 0.6 is 0 Å². The topological polar surface area (TPSA) is 39.4 Å². The molecule has 4 aromatic carbocycles. The molecule has 5 heteroatoms. The fraction of sp³-hybridized carbons (Fsp3) is 0.333. The minimum Gasteiger partial charge on any atom is -0.518 e. The Bertz CT molecular complexity index is 2300. The number of pyridine rings is 1. The van der Waals surface area contributed by atoms with E-state index < -0.39 is 0 Å². The van der Waals surface area contributed by atoms with Gasteiger partial charge >= 0.3 is 21.1 Å². The second-order valence-electron chi connectivity index (χ2n) is 15.8. The van der Waals surface area contributed by atoms with Crippen molar-refractivity contribution in [3.8, 4) is 28.1 Å². The SMILES string of the molecule is Cc1cc(C)c(-c2cc(C3=N[C@](C)(C(C)C)CO3)[c-]c(-n3c4[c-]c(-c5cc(C(C)(C)C)ccn5)c(C)cc4c4cc(C)ccc43)c2)c(C)c1.[Pt+2]. The molecule has 0 saturated heterocycles. The van der Waals surface area contributed by atoms with Crippen molar-refractivity contribution in [2.75, 3.05) is 6.61 Å². The molecule has 3 heterocycles. The number of ether oxygens (including phenoxy) is 1. The zero-order valence-corrected chi connectivity index (χ0v) is 33.5. The van der Waals surface area contributed by atoms with Crippen molar-refractivity contribution < 1.29 is 25.8 Å². The van der Waals surface area contributed by atoms with Gasteiger partial charge < -0.3 is 14.3 Å². The smallest absolute Gasteiger partial charge is 0.518 e. The Morgan fingerprint density at radius 3 is 2.20 bits per heavy atom. The van der Waals surface area contributed by atoms with Crippen LogP contribution in [0.15, 0.2) is 71.9 Å². The summed E-state index contributed by atoms with van der Waals surface area (Å²) in [5.41, 5.74) is 15.3. The summed E-state index contributed by atoms with van der Waals surface area (Å²) in [6.45, 7) is 24.8. The van der Waals surface area contributed by atoms with E-state index in [9.17, 15) is 0 Å². The minimum atomic E-state index is -0.284. The number of benzene rings is 4. The largest absolute Gasteiger partial charge is 2.00 e. The van der Waals surface area contributed by atoms with Crippen molar-refractivity contribution in [2.45, 2.75) is 87.1 Å². The molecule has 258 valence electrons. The maximum absolute atomic E-state index is 6.37. The zero-order valence-electron chi connectivity index (χ0n) is 31.2. The Kier molecular flexibility index (Phi) is 9.27. The summed E-state index contributed by atoms with van der Waals surface area (Å²) in [7, 11) is 0. The van der Waals surface area contributed by atoms with E-state index in [0.29, 0.717) is 18.4 Å². The molecule has 1 atom stereocenters.